The predicted molar refractivity (Wildman–Crippen MR) is 121 cm³/mol. The van der Waals surface area contributed by atoms with Gasteiger partial charge in [0.1, 0.15) is 0 Å². The molecule has 0 spiro atoms. The maximum Gasteiger partial charge on any atom is -0.00992 e. The molecule has 0 aliphatic heterocycles. The van der Waals surface area contributed by atoms with E-state index in [0.717, 1.165) is 0 Å². The largest absolute Gasteiger partial charge is 0.0622 e. The zero-order chi connectivity index (χ0) is 19.6. The standard InChI is InChI=1S/C28H26/c1-28(2,3)25-17-14-23(15-18-25)27-20-24(21-10-6-4-7-11-21)16-19-26(27)22-12-8-5-9-13-22/h4-20H,1-3H3. The van der Waals surface area contributed by atoms with Crippen LogP contribution in [-0.2, 0) is 5.41 Å². The van der Waals surface area contributed by atoms with Gasteiger partial charge in [-0.15, -0.1) is 0 Å². The third kappa shape index (κ3) is 3.77. The fraction of sp³-hybridized carbons (Fsp3) is 0.143. The molecule has 0 heterocycles. The molecule has 0 aliphatic rings. The molecule has 0 radical (unpaired) electrons. The van der Waals surface area contributed by atoms with Crippen molar-refractivity contribution in [1.29, 1.82) is 0 Å². The number of hydrogen-bond acceptors (Lipinski definition) is 0. The van der Waals surface area contributed by atoms with Gasteiger partial charge in [-0.25, -0.2) is 0 Å². The van der Waals surface area contributed by atoms with Gasteiger partial charge in [0.2, 0.25) is 0 Å². The van der Waals surface area contributed by atoms with E-state index in [9.17, 15) is 0 Å². The molecule has 0 nitrogen and oxygen atoms in total. The minimum atomic E-state index is 0.159. The van der Waals surface area contributed by atoms with E-state index in [-0.39, 0.29) is 5.41 Å². The van der Waals surface area contributed by atoms with Crippen molar-refractivity contribution in [2.45, 2.75) is 26.2 Å². The van der Waals surface area contributed by atoms with Crippen LogP contribution in [0.25, 0.3) is 33.4 Å². The molecule has 0 saturated heterocycles. The van der Waals surface area contributed by atoms with Crippen LogP contribution >= 0.6 is 0 Å². The molecule has 0 bridgehead atoms. The van der Waals surface area contributed by atoms with Crippen molar-refractivity contribution >= 4 is 0 Å². The molecule has 28 heavy (non-hydrogen) atoms. The Hall–Kier alpha value is -3.12. The first kappa shape index (κ1) is 18.3. The molecule has 0 saturated carbocycles. The highest BCUT2D eigenvalue weighted by Crippen LogP contribution is 2.36. The Morgan fingerprint density at radius 2 is 0.929 bits per heavy atom. The summed E-state index contributed by atoms with van der Waals surface area (Å²) in [4.78, 5) is 0. The highest BCUT2D eigenvalue weighted by Gasteiger charge is 2.14. The van der Waals surface area contributed by atoms with Gasteiger partial charge in [-0.2, -0.15) is 0 Å². The van der Waals surface area contributed by atoms with Crippen LogP contribution in [-0.4, -0.2) is 0 Å². The molecule has 4 aromatic carbocycles. The van der Waals surface area contributed by atoms with Crippen LogP contribution in [0.3, 0.4) is 0 Å². The van der Waals surface area contributed by atoms with E-state index >= 15 is 0 Å². The smallest absolute Gasteiger partial charge is 0.00992 e. The lowest BCUT2D eigenvalue weighted by Crippen LogP contribution is -2.10. The minimum Gasteiger partial charge on any atom is -0.0622 e. The Morgan fingerprint density at radius 3 is 1.50 bits per heavy atom. The summed E-state index contributed by atoms with van der Waals surface area (Å²) in [5.74, 6) is 0. The molecular weight excluding hydrogens is 336 g/mol. The van der Waals surface area contributed by atoms with E-state index in [1.165, 1.54) is 38.9 Å². The number of benzene rings is 4. The van der Waals surface area contributed by atoms with Crippen LogP contribution in [0.4, 0.5) is 0 Å². The molecule has 0 fully saturated rings. The van der Waals surface area contributed by atoms with E-state index in [1.54, 1.807) is 0 Å². The molecule has 138 valence electrons. The fourth-order valence-electron chi connectivity index (χ4n) is 3.61. The Morgan fingerprint density at radius 1 is 0.429 bits per heavy atom. The summed E-state index contributed by atoms with van der Waals surface area (Å²) in [5, 5.41) is 0. The number of hydrogen-bond donors (Lipinski definition) is 0. The molecular formula is C28H26. The van der Waals surface area contributed by atoms with E-state index in [0.29, 0.717) is 0 Å². The molecule has 0 aliphatic carbocycles. The molecule has 4 aromatic rings. The highest BCUT2D eigenvalue weighted by atomic mass is 14.2. The van der Waals surface area contributed by atoms with Crippen molar-refractivity contribution in [2.24, 2.45) is 0 Å². The van der Waals surface area contributed by atoms with Crippen molar-refractivity contribution in [3.63, 3.8) is 0 Å². The van der Waals surface area contributed by atoms with Crippen molar-refractivity contribution in [3.05, 3.63) is 109 Å². The van der Waals surface area contributed by atoms with Crippen LogP contribution in [0.5, 0.6) is 0 Å². The van der Waals surface area contributed by atoms with Crippen LogP contribution in [0, 0.1) is 0 Å². The predicted octanol–water partition coefficient (Wildman–Crippen LogP) is 7.99. The van der Waals surface area contributed by atoms with E-state index in [1.807, 2.05) is 0 Å². The average Bonchev–Trinajstić information content (AvgIpc) is 2.74. The van der Waals surface area contributed by atoms with Gasteiger partial charge in [0.25, 0.3) is 0 Å². The van der Waals surface area contributed by atoms with Gasteiger partial charge in [-0.1, -0.05) is 118 Å². The van der Waals surface area contributed by atoms with Crippen molar-refractivity contribution in [1.82, 2.24) is 0 Å². The lowest BCUT2D eigenvalue weighted by molar-refractivity contribution is 0.590. The van der Waals surface area contributed by atoms with Crippen LogP contribution in [0.15, 0.2) is 103 Å². The normalized spacial score (nSPS) is 11.4. The molecule has 0 aromatic heterocycles. The Labute approximate surface area is 168 Å². The van der Waals surface area contributed by atoms with Gasteiger partial charge < -0.3 is 0 Å². The van der Waals surface area contributed by atoms with Crippen LogP contribution < -0.4 is 0 Å². The Kier molecular flexibility index (Phi) is 4.88. The minimum absolute atomic E-state index is 0.159. The summed E-state index contributed by atoms with van der Waals surface area (Å²) in [6, 6.07) is 37.1. The molecule has 0 heteroatoms. The summed E-state index contributed by atoms with van der Waals surface area (Å²) in [5.41, 5.74) is 9.05. The fourth-order valence-corrected chi connectivity index (χ4v) is 3.61. The first-order valence-electron chi connectivity index (χ1n) is 9.88. The van der Waals surface area contributed by atoms with Gasteiger partial charge in [-0.3, -0.25) is 0 Å². The quantitative estimate of drug-likeness (QED) is 0.346. The third-order valence-corrected chi connectivity index (χ3v) is 5.27. The van der Waals surface area contributed by atoms with E-state index in [4.69, 9.17) is 0 Å². The number of rotatable bonds is 3. The van der Waals surface area contributed by atoms with Gasteiger partial charge >= 0.3 is 0 Å². The molecule has 4 rings (SSSR count). The van der Waals surface area contributed by atoms with Gasteiger partial charge in [0.05, 0.1) is 0 Å². The summed E-state index contributed by atoms with van der Waals surface area (Å²) in [7, 11) is 0. The zero-order valence-corrected chi connectivity index (χ0v) is 16.8. The summed E-state index contributed by atoms with van der Waals surface area (Å²) < 4.78 is 0. The second kappa shape index (κ2) is 7.48. The second-order valence-corrected chi connectivity index (χ2v) is 8.32. The van der Waals surface area contributed by atoms with E-state index in [2.05, 4.69) is 124 Å². The Bertz CT molecular complexity index is 1050. The maximum atomic E-state index is 2.32. The lowest BCUT2D eigenvalue weighted by Gasteiger charge is -2.20. The van der Waals surface area contributed by atoms with Crippen LogP contribution in [0.2, 0.25) is 0 Å². The van der Waals surface area contributed by atoms with E-state index < -0.39 is 0 Å². The first-order valence-corrected chi connectivity index (χ1v) is 9.88. The second-order valence-electron chi connectivity index (χ2n) is 8.32. The van der Waals surface area contributed by atoms with Crippen LogP contribution in [0.1, 0.15) is 26.3 Å². The van der Waals surface area contributed by atoms with Gasteiger partial charge in [0.15, 0.2) is 0 Å². The first-order chi connectivity index (χ1) is 13.5. The van der Waals surface area contributed by atoms with Crippen molar-refractivity contribution < 1.29 is 0 Å². The van der Waals surface area contributed by atoms with Gasteiger partial charge in [-0.05, 0) is 50.4 Å². The molecule has 0 N–H and O–H groups in total. The maximum absolute atomic E-state index is 2.32. The third-order valence-electron chi connectivity index (χ3n) is 5.27. The summed E-state index contributed by atoms with van der Waals surface area (Å²) in [6.07, 6.45) is 0. The topological polar surface area (TPSA) is 0 Å². The zero-order valence-electron chi connectivity index (χ0n) is 16.8. The Balaban J connectivity index is 1.87. The molecule has 0 unspecified atom stereocenters. The monoisotopic (exact) mass is 362 g/mol. The lowest BCUT2D eigenvalue weighted by atomic mass is 9.85. The summed E-state index contributed by atoms with van der Waals surface area (Å²) in [6.45, 7) is 6.77. The van der Waals surface area contributed by atoms with Crippen molar-refractivity contribution in [3.8, 4) is 33.4 Å². The average molecular weight is 363 g/mol. The highest BCUT2D eigenvalue weighted by molar-refractivity contribution is 5.87. The SMILES string of the molecule is CC(C)(C)c1ccc(-c2cc(-c3ccccc3)ccc2-c2ccccc2)cc1. The molecule has 0 amide bonds. The van der Waals surface area contributed by atoms with Gasteiger partial charge in [0, 0.05) is 0 Å². The molecule has 0 atom stereocenters. The summed E-state index contributed by atoms with van der Waals surface area (Å²) >= 11 is 0. The van der Waals surface area contributed by atoms with Crippen molar-refractivity contribution in [2.75, 3.05) is 0 Å².